The molecule has 4 nitrogen and oxygen atoms in total. The molecule has 0 unspecified atom stereocenters. The number of hydrogen-bond donors (Lipinski definition) is 1. The van der Waals surface area contributed by atoms with Crippen LogP contribution in [0.2, 0.25) is 0 Å². The number of aromatic nitrogens is 3. The second kappa shape index (κ2) is 5.31. The third kappa shape index (κ3) is 2.76. The minimum atomic E-state index is 0.469. The SMILES string of the molecule is Cc1nc(C)n(-c2ccccc2CNC(C)C)n1. The molecule has 2 rings (SSSR count). The molecule has 0 saturated heterocycles. The minimum Gasteiger partial charge on any atom is -0.310 e. The van der Waals surface area contributed by atoms with Gasteiger partial charge in [-0.3, -0.25) is 0 Å². The molecule has 18 heavy (non-hydrogen) atoms. The van der Waals surface area contributed by atoms with E-state index in [0.717, 1.165) is 23.9 Å². The smallest absolute Gasteiger partial charge is 0.148 e. The highest BCUT2D eigenvalue weighted by molar-refractivity contribution is 5.40. The summed E-state index contributed by atoms with van der Waals surface area (Å²) in [6, 6.07) is 8.76. The molecule has 0 amide bonds. The minimum absolute atomic E-state index is 0.469. The molecule has 1 heterocycles. The molecule has 0 bridgehead atoms. The van der Waals surface area contributed by atoms with Gasteiger partial charge in [0.15, 0.2) is 0 Å². The molecule has 0 atom stereocenters. The average Bonchev–Trinajstić information content (AvgIpc) is 2.66. The Morgan fingerprint density at radius 2 is 1.94 bits per heavy atom. The second-order valence-electron chi connectivity index (χ2n) is 4.78. The van der Waals surface area contributed by atoms with E-state index in [1.54, 1.807) is 0 Å². The number of nitrogens with one attached hydrogen (secondary N) is 1. The van der Waals surface area contributed by atoms with Crippen LogP contribution in [-0.4, -0.2) is 20.8 Å². The predicted molar refractivity (Wildman–Crippen MR) is 72.8 cm³/mol. The number of nitrogens with zero attached hydrogens (tertiary/aromatic N) is 3. The van der Waals surface area contributed by atoms with E-state index in [2.05, 4.69) is 47.4 Å². The van der Waals surface area contributed by atoms with E-state index >= 15 is 0 Å². The van der Waals surface area contributed by atoms with Gasteiger partial charge in [-0.15, -0.1) is 0 Å². The van der Waals surface area contributed by atoms with E-state index in [1.807, 2.05) is 24.6 Å². The number of para-hydroxylation sites is 1. The molecule has 1 N–H and O–H groups in total. The fourth-order valence-corrected chi connectivity index (χ4v) is 1.93. The predicted octanol–water partition coefficient (Wildman–Crippen LogP) is 2.38. The zero-order valence-corrected chi connectivity index (χ0v) is 11.4. The third-order valence-corrected chi connectivity index (χ3v) is 2.80. The summed E-state index contributed by atoms with van der Waals surface area (Å²) in [6.45, 7) is 9.03. The summed E-state index contributed by atoms with van der Waals surface area (Å²) in [5.74, 6) is 1.73. The van der Waals surface area contributed by atoms with Crippen LogP contribution in [0.15, 0.2) is 24.3 Å². The molecule has 0 fully saturated rings. The Kier molecular flexibility index (Phi) is 3.77. The normalized spacial score (nSPS) is 11.2. The highest BCUT2D eigenvalue weighted by Crippen LogP contribution is 2.15. The van der Waals surface area contributed by atoms with Crippen molar-refractivity contribution in [3.05, 3.63) is 41.5 Å². The summed E-state index contributed by atoms with van der Waals surface area (Å²) < 4.78 is 1.91. The van der Waals surface area contributed by atoms with Gasteiger partial charge in [-0.25, -0.2) is 9.67 Å². The Bertz CT molecular complexity index is 528. The van der Waals surface area contributed by atoms with Crippen LogP contribution in [0.5, 0.6) is 0 Å². The molecule has 0 aliphatic heterocycles. The first-order chi connectivity index (χ1) is 8.58. The molecule has 0 aliphatic rings. The van der Waals surface area contributed by atoms with Crippen molar-refractivity contribution < 1.29 is 0 Å². The van der Waals surface area contributed by atoms with Gasteiger partial charge < -0.3 is 5.32 Å². The molecule has 0 radical (unpaired) electrons. The van der Waals surface area contributed by atoms with Gasteiger partial charge in [0.25, 0.3) is 0 Å². The molecular formula is C14H20N4. The van der Waals surface area contributed by atoms with Crippen LogP contribution in [0.25, 0.3) is 5.69 Å². The van der Waals surface area contributed by atoms with Crippen molar-refractivity contribution in [1.82, 2.24) is 20.1 Å². The van der Waals surface area contributed by atoms with Gasteiger partial charge in [0.1, 0.15) is 11.6 Å². The third-order valence-electron chi connectivity index (χ3n) is 2.80. The maximum Gasteiger partial charge on any atom is 0.148 e. The lowest BCUT2D eigenvalue weighted by Gasteiger charge is -2.13. The molecular weight excluding hydrogens is 224 g/mol. The van der Waals surface area contributed by atoms with Crippen LogP contribution in [0.4, 0.5) is 0 Å². The number of benzene rings is 1. The van der Waals surface area contributed by atoms with E-state index in [-0.39, 0.29) is 0 Å². The monoisotopic (exact) mass is 244 g/mol. The van der Waals surface area contributed by atoms with Crippen molar-refractivity contribution >= 4 is 0 Å². The Balaban J connectivity index is 2.35. The maximum atomic E-state index is 4.45. The molecule has 0 spiro atoms. The number of hydrogen-bond acceptors (Lipinski definition) is 3. The van der Waals surface area contributed by atoms with Crippen LogP contribution >= 0.6 is 0 Å². The largest absolute Gasteiger partial charge is 0.310 e. The van der Waals surface area contributed by atoms with Crippen LogP contribution in [0, 0.1) is 13.8 Å². The summed E-state index contributed by atoms with van der Waals surface area (Å²) in [7, 11) is 0. The van der Waals surface area contributed by atoms with Crippen molar-refractivity contribution in [2.45, 2.75) is 40.3 Å². The molecule has 1 aromatic heterocycles. The van der Waals surface area contributed by atoms with Gasteiger partial charge in [0, 0.05) is 12.6 Å². The molecule has 1 aromatic carbocycles. The number of aryl methyl sites for hydroxylation is 2. The maximum absolute atomic E-state index is 4.45. The van der Waals surface area contributed by atoms with Crippen molar-refractivity contribution in [1.29, 1.82) is 0 Å². The van der Waals surface area contributed by atoms with Gasteiger partial charge in [-0.2, -0.15) is 5.10 Å². The fourth-order valence-electron chi connectivity index (χ4n) is 1.93. The Morgan fingerprint density at radius 1 is 1.22 bits per heavy atom. The van der Waals surface area contributed by atoms with Gasteiger partial charge >= 0.3 is 0 Å². The zero-order valence-electron chi connectivity index (χ0n) is 11.4. The highest BCUT2D eigenvalue weighted by atomic mass is 15.3. The molecule has 0 saturated carbocycles. The van der Waals surface area contributed by atoms with Gasteiger partial charge in [0.2, 0.25) is 0 Å². The van der Waals surface area contributed by atoms with E-state index in [9.17, 15) is 0 Å². The topological polar surface area (TPSA) is 42.7 Å². The van der Waals surface area contributed by atoms with Crippen molar-refractivity contribution in [2.24, 2.45) is 0 Å². The average molecular weight is 244 g/mol. The van der Waals surface area contributed by atoms with E-state index in [4.69, 9.17) is 0 Å². The molecule has 4 heteroatoms. The van der Waals surface area contributed by atoms with Gasteiger partial charge in [-0.1, -0.05) is 32.0 Å². The molecule has 96 valence electrons. The quantitative estimate of drug-likeness (QED) is 0.898. The standard InChI is InChI=1S/C14H20N4/c1-10(2)15-9-13-7-5-6-8-14(13)18-12(4)16-11(3)17-18/h5-8,10,15H,9H2,1-4H3. The summed E-state index contributed by atoms with van der Waals surface area (Å²) >= 11 is 0. The fraction of sp³-hybridized carbons (Fsp3) is 0.429. The summed E-state index contributed by atoms with van der Waals surface area (Å²) in [6.07, 6.45) is 0. The lowest BCUT2D eigenvalue weighted by atomic mass is 10.1. The molecule has 2 aromatic rings. The van der Waals surface area contributed by atoms with E-state index < -0.39 is 0 Å². The Hall–Kier alpha value is -1.68. The summed E-state index contributed by atoms with van der Waals surface area (Å²) in [5.41, 5.74) is 2.34. The Morgan fingerprint density at radius 3 is 2.56 bits per heavy atom. The van der Waals surface area contributed by atoms with Crippen molar-refractivity contribution in [3.8, 4) is 5.69 Å². The summed E-state index contributed by atoms with van der Waals surface area (Å²) in [5, 5.41) is 7.88. The van der Waals surface area contributed by atoms with Gasteiger partial charge in [0.05, 0.1) is 5.69 Å². The zero-order chi connectivity index (χ0) is 13.1. The lowest BCUT2D eigenvalue weighted by Crippen LogP contribution is -2.22. The van der Waals surface area contributed by atoms with E-state index in [0.29, 0.717) is 6.04 Å². The van der Waals surface area contributed by atoms with E-state index in [1.165, 1.54) is 5.56 Å². The second-order valence-corrected chi connectivity index (χ2v) is 4.78. The first kappa shape index (κ1) is 12.8. The molecule has 0 aliphatic carbocycles. The van der Waals surface area contributed by atoms with Crippen LogP contribution in [-0.2, 0) is 6.54 Å². The van der Waals surface area contributed by atoms with Crippen molar-refractivity contribution in [2.75, 3.05) is 0 Å². The number of rotatable bonds is 4. The summed E-state index contributed by atoms with van der Waals surface area (Å²) in [4.78, 5) is 4.36. The van der Waals surface area contributed by atoms with Crippen LogP contribution < -0.4 is 5.32 Å². The first-order valence-electron chi connectivity index (χ1n) is 6.30. The van der Waals surface area contributed by atoms with Crippen LogP contribution in [0.3, 0.4) is 0 Å². The lowest BCUT2D eigenvalue weighted by molar-refractivity contribution is 0.586. The van der Waals surface area contributed by atoms with Crippen LogP contribution in [0.1, 0.15) is 31.1 Å². The first-order valence-corrected chi connectivity index (χ1v) is 6.30. The Labute approximate surface area is 108 Å². The van der Waals surface area contributed by atoms with Crippen molar-refractivity contribution in [3.63, 3.8) is 0 Å². The van der Waals surface area contributed by atoms with Gasteiger partial charge in [-0.05, 0) is 25.5 Å². The highest BCUT2D eigenvalue weighted by Gasteiger charge is 2.09.